The number of carbonyl (C=O) groups is 1. The Bertz CT molecular complexity index is 1140. The fourth-order valence-electron chi connectivity index (χ4n) is 3.10. The van der Waals surface area contributed by atoms with Gasteiger partial charge < -0.3 is 9.88 Å². The first-order chi connectivity index (χ1) is 14.2. The summed E-state index contributed by atoms with van der Waals surface area (Å²) in [6.45, 7) is 4.63. The number of rotatable bonds is 6. The largest absolute Gasteiger partial charge is 0.325 e. The highest BCUT2D eigenvalue weighted by molar-refractivity contribution is 8.00. The van der Waals surface area contributed by atoms with Crippen molar-refractivity contribution in [2.24, 2.45) is 0 Å². The normalized spacial score (nSPS) is 12.1. The highest BCUT2D eigenvalue weighted by Crippen LogP contribution is 2.27. The molecule has 6 nitrogen and oxygen atoms in total. The van der Waals surface area contributed by atoms with Gasteiger partial charge in [-0.05, 0) is 48.9 Å². The van der Waals surface area contributed by atoms with Crippen LogP contribution >= 0.6 is 11.8 Å². The summed E-state index contributed by atoms with van der Waals surface area (Å²) in [4.78, 5) is 16.8. The number of pyridine rings is 1. The van der Waals surface area contributed by atoms with E-state index in [1.807, 2.05) is 66.9 Å². The molecule has 1 N–H and O–H groups in total. The van der Waals surface area contributed by atoms with Crippen LogP contribution in [0.15, 0.2) is 72.1 Å². The predicted octanol–water partition coefficient (Wildman–Crippen LogP) is 4.63. The molecule has 0 saturated carbocycles. The number of benzene rings is 2. The lowest BCUT2D eigenvalue weighted by Crippen LogP contribution is -2.23. The lowest BCUT2D eigenvalue weighted by molar-refractivity contribution is -0.115. The number of thioether (sulfide) groups is 1. The smallest absolute Gasteiger partial charge is 0.237 e. The molecule has 4 rings (SSSR count). The van der Waals surface area contributed by atoms with E-state index in [1.54, 1.807) is 12.4 Å². The van der Waals surface area contributed by atoms with Crippen LogP contribution in [0.5, 0.6) is 0 Å². The van der Waals surface area contributed by atoms with Gasteiger partial charge in [0.2, 0.25) is 5.91 Å². The molecule has 0 fully saturated rings. The topological polar surface area (TPSA) is 72.7 Å². The Kier molecular flexibility index (Phi) is 5.57. The molecule has 7 heteroatoms. The number of hydrogen-bond donors (Lipinski definition) is 1. The van der Waals surface area contributed by atoms with Gasteiger partial charge in [-0.1, -0.05) is 42.1 Å². The van der Waals surface area contributed by atoms with Gasteiger partial charge in [-0.15, -0.1) is 10.2 Å². The second kappa shape index (κ2) is 8.45. The molecule has 0 aliphatic carbocycles. The lowest BCUT2D eigenvalue weighted by atomic mass is 10.1. The number of anilines is 1. The Labute approximate surface area is 173 Å². The number of nitrogens with one attached hydrogen (secondary N) is 1. The molecule has 0 spiro atoms. The number of aromatic nitrogens is 4. The van der Waals surface area contributed by atoms with Gasteiger partial charge in [-0.3, -0.25) is 9.78 Å². The highest BCUT2D eigenvalue weighted by Gasteiger charge is 2.20. The van der Waals surface area contributed by atoms with Gasteiger partial charge in [0.15, 0.2) is 11.0 Å². The summed E-state index contributed by atoms with van der Waals surface area (Å²) in [5, 5.41) is 14.3. The maximum Gasteiger partial charge on any atom is 0.237 e. The lowest BCUT2D eigenvalue weighted by Gasteiger charge is -2.13. The zero-order chi connectivity index (χ0) is 20.2. The van der Waals surface area contributed by atoms with Gasteiger partial charge in [0.1, 0.15) is 0 Å². The SMILES string of the molecule is CCn1c(S[C@H](C)C(=O)Nc2ccc3ccccc3c2)nnc1-c1ccncc1. The summed E-state index contributed by atoms with van der Waals surface area (Å²) >= 11 is 1.40. The van der Waals surface area contributed by atoms with Crippen LogP contribution in [0.25, 0.3) is 22.2 Å². The van der Waals surface area contributed by atoms with E-state index in [9.17, 15) is 4.79 Å². The molecule has 2 aromatic heterocycles. The Morgan fingerprint density at radius 3 is 2.59 bits per heavy atom. The summed E-state index contributed by atoms with van der Waals surface area (Å²) in [6, 6.07) is 17.8. The minimum absolute atomic E-state index is 0.0682. The monoisotopic (exact) mass is 403 g/mol. The third-order valence-electron chi connectivity index (χ3n) is 4.64. The van der Waals surface area contributed by atoms with Gasteiger partial charge >= 0.3 is 0 Å². The molecular formula is C22H21N5OS. The molecule has 0 aliphatic rings. The third-order valence-corrected chi connectivity index (χ3v) is 5.72. The first-order valence-corrected chi connectivity index (χ1v) is 10.3. The molecule has 4 aromatic rings. The van der Waals surface area contributed by atoms with Gasteiger partial charge in [0, 0.05) is 30.2 Å². The molecule has 146 valence electrons. The van der Waals surface area contributed by atoms with Crippen LogP contribution in [0.1, 0.15) is 13.8 Å². The van der Waals surface area contributed by atoms with Crippen molar-refractivity contribution in [2.75, 3.05) is 5.32 Å². The van der Waals surface area contributed by atoms with E-state index < -0.39 is 0 Å². The van der Waals surface area contributed by atoms with Crippen LogP contribution in [-0.2, 0) is 11.3 Å². The molecule has 0 unspecified atom stereocenters. The molecule has 0 saturated heterocycles. The first-order valence-electron chi connectivity index (χ1n) is 9.45. The van der Waals surface area contributed by atoms with Crippen LogP contribution in [0.3, 0.4) is 0 Å². The van der Waals surface area contributed by atoms with Crippen molar-refractivity contribution in [1.82, 2.24) is 19.7 Å². The van der Waals surface area contributed by atoms with Crippen LogP contribution in [-0.4, -0.2) is 30.9 Å². The number of amides is 1. The highest BCUT2D eigenvalue weighted by atomic mass is 32.2. The van der Waals surface area contributed by atoms with E-state index >= 15 is 0 Å². The Balaban J connectivity index is 1.49. The molecule has 0 radical (unpaired) electrons. The van der Waals surface area contributed by atoms with Crippen molar-refractivity contribution in [2.45, 2.75) is 30.8 Å². The van der Waals surface area contributed by atoms with E-state index in [2.05, 4.69) is 26.6 Å². The van der Waals surface area contributed by atoms with Crippen LogP contribution in [0, 0.1) is 0 Å². The Morgan fingerprint density at radius 2 is 1.83 bits per heavy atom. The molecule has 0 aliphatic heterocycles. The summed E-state index contributed by atoms with van der Waals surface area (Å²) in [5.41, 5.74) is 1.74. The van der Waals surface area contributed by atoms with Crippen molar-refractivity contribution < 1.29 is 4.79 Å². The van der Waals surface area contributed by atoms with Gasteiger partial charge in [0.05, 0.1) is 5.25 Å². The average molecular weight is 404 g/mol. The van der Waals surface area contributed by atoms with Crippen LogP contribution in [0.2, 0.25) is 0 Å². The molecule has 1 amide bonds. The van der Waals surface area contributed by atoms with E-state index in [-0.39, 0.29) is 11.2 Å². The summed E-state index contributed by atoms with van der Waals surface area (Å²) in [5.74, 6) is 0.709. The average Bonchev–Trinajstić information content (AvgIpc) is 3.16. The maximum absolute atomic E-state index is 12.7. The standard InChI is InChI=1S/C22H21N5OS/c1-3-27-20(17-10-12-23-13-11-17)25-26-22(27)29-15(2)21(28)24-19-9-8-16-6-4-5-7-18(16)14-19/h4-15H,3H2,1-2H3,(H,24,28)/t15-/m1/s1. The van der Waals surface area contributed by atoms with Gasteiger partial charge in [0.25, 0.3) is 0 Å². The van der Waals surface area contributed by atoms with Crippen molar-refractivity contribution in [1.29, 1.82) is 0 Å². The number of fused-ring (bicyclic) bond motifs is 1. The molecule has 29 heavy (non-hydrogen) atoms. The van der Waals surface area contributed by atoms with E-state index in [4.69, 9.17) is 0 Å². The molecule has 0 bridgehead atoms. The third kappa shape index (κ3) is 4.14. The van der Waals surface area contributed by atoms with Gasteiger partial charge in [-0.25, -0.2) is 0 Å². The summed E-state index contributed by atoms with van der Waals surface area (Å²) in [7, 11) is 0. The van der Waals surface area contributed by atoms with Crippen LogP contribution in [0.4, 0.5) is 5.69 Å². The fraction of sp³-hybridized carbons (Fsp3) is 0.182. The minimum Gasteiger partial charge on any atom is -0.325 e. The molecule has 2 aromatic carbocycles. The molecular weight excluding hydrogens is 382 g/mol. The maximum atomic E-state index is 12.7. The van der Waals surface area contributed by atoms with Crippen molar-refractivity contribution >= 4 is 34.1 Å². The molecule has 2 heterocycles. The Hall–Kier alpha value is -3.19. The number of hydrogen-bond acceptors (Lipinski definition) is 5. The fourth-order valence-corrected chi connectivity index (χ4v) is 4.01. The van der Waals surface area contributed by atoms with Crippen molar-refractivity contribution in [3.05, 3.63) is 67.0 Å². The van der Waals surface area contributed by atoms with Crippen molar-refractivity contribution in [3.63, 3.8) is 0 Å². The summed E-state index contributed by atoms with van der Waals surface area (Å²) < 4.78 is 2.01. The second-order valence-corrected chi connectivity index (χ2v) is 7.91. The summed E-state index contributed by atoms with van der Waals surface area (Å²) in [6.07, 6.45) is 3.47. The Morgan fingerprint density at radius 1 is 1.07 bits per heavy atom. The first kappa shape index (κ1) is 19.1. The number of nitrogens with zero attached hydrogens (tertiary/aromatic N) is 4. The van der Waals surface area contributed by atoms with Gasteiger partial charge in [-0.2, -0.15) is 0 Å². The van der Waals surface area contributed by atoms with Crippen molar-refractivity contribution in [3.8, 4) is 11.4 Å². The predicted molar refractivity (Wildman–Crippen MR) is 117 cm³/mol. The van der Waals surface area contributed by atoms with E-state index in [0.717, 1.165) is 33.0 Å². The van der Waals surface area contributed by atoms with Crippen LogP contribution < -0.4 is 5.32 Å². The molecule has 1 atom stereocenters. The zero-order valence-corrected chi connectivity index (χ0v) is 17.1. The van der Waals surface area contributed by atoms with E-state index in [0.29, 0.717) is 6.54 Å². The quantitative estimate of drug-likeness (QED) is 0.475. The second-order valence-electron chi connectivity index (χ2n) is 6.60. The van der Waals surface area contributed by atoms with E-state index in [1.165, 1.54) is 11.8 Å². The number of carbonyl (C=O) groups excluding carboxylic acids is 1. The minimum atomic E-state index is -0.318. The zero-order valence-electron chi connectivity index (χ0n) is 16.2.